The highest BCUT2D eigenvalue weighted by Crippen LogP contribution is 2.30. The molecule has 7 heteroatoms. The van der Waals surface area contributed by atoms with Crippen LogP contribution >= 0.6 is 0 Å². The maximum atomic E-state index is 11.1. The van der Waals surface area contributed by atoms with Crippen LogP contribution < -0.4 is 10.6 Å². The highest BCUT2D eigenvalue weighted by Gasteiger charge is 2.27. The molecule has 20 heavy (non-hydrogen) atoms. The van der Waals surface area contributed by atoms with Crippen molar-refractivity contribution in [2.24, 2.45) is 0 Å². The molecular weight excluding hydrogens is 258 g/mol. The van der Waals surface area contributed by atoms with Crippen molar-refractivity contribution in [2.75, 3.05) is 13.7 Å². The molecule has 2 N–H and O–H groups in total. The Hall–Kier alpha value is -1.63. The molecule has 1 saturated carbocycles. The molecule has 1 aliphatic carbocycles. The van der Waals surface area contributed by atoms with E-state index in [4.69, 9.17) is 4.74 Å². The zero-order valence-corrected chi connectivity index (χ0v) is 12.1. The standard InChI is InChI=1S/C13H23N5O2/c1-3-20-12-7-5-4-6-11(12)18-9-10(16-17-18)8-15-13(19)14-2/h9,11-12H,3-8H2,1-2H3,(H2,14,15,19)/t11-,12-/m1/s1. The van der Waals surface area contributed by atoms with Gasteiger partial charge in [0.15, 0.2) is 0 Å². The van der Waals surface area contributed by atoms with Gasteiger partial charge in [-0.1, -0.05) is 18.1 Å². The van der Waals surface area contributed by atoms with E-state index in [2.05, 4.69) is 20.9 Å². The van der Waals surface area contributed by atoms with Crippen LogP contribution in [0.25, 0.3) is 0 Å². The smallest absolute Gasteiger partial charge is 0.314 e. The Balaban J connectivity index is 1.97. The first-order valence-electron chi connectivity index (χ1n) is 7.22. The second kappa shape index (κ2) is 7.23. The molecule has 0 aliphatic heterocycles. The predicted octanol–water partition coefficient (Wildman–Crippen LogP) is 1.23. The van der Waals surface area contributed by atoms with Crippen LogP contribution in [-0.2, 0) is 11.3 Å². The minimum atomic E-state index is -0.218. The van der Waals surface area contributed by atoms with E-state index in [9.17, 15) is 4.79 Å². The van der Waals surface area contributed by atoms with E-state index in [0.717, 1.165) is 25.1 Å². The van der Waals surface area contributed by atoms with E-state index in [1.165, 1.54) is 12.8 Å². The summed E-state index contributed by atoms with van der Waals surface area (Å²) in [6.45, 7) is 3.12. The lowest BCUT2D eigenvalue weighted by molar-refractivity contribution is -0.00334. The second-order valence-corrected chi connectivity index (χ2v) is 4.97. The van der Waals surface area contributed by atoms with Gasteiger partial charge in [-0.25, -0.2) is 9.48 Å². The summed E-state index contributed by atoms with van der Waals surface area (Å²) >= 11 is 0. The Kier molecular flexibility index (Phi) is 5.34. The molecule has 2 amide bonds. The van der Waals surface area contributed by atoms with Crippen LogP contribution in [0.3, 0.4) is 0 Å². The zero-order valence-electron chi connectivity index (χ0n) is 12.1. The summed E-state index contributed by atoms with van der Waals surface area (Å²) < 4.78 is 7.70. The fourth-order valence-corrected chi connectivity index (χ4v) is 2.60. The van der Waals surface area contributed by atoms with Crippen LogP contribution in [0.2, 0.25) is 0 Å². The first-order valence-corrected chi connectivity index (χ1v) is 7.22. The summed E-state index contributed by atoms with van der Waals surface area (Å²) in [5, 5.41) is 13.5. The van der Waals surface area contributed by atoms with Crippen molar-refractivity contribution in [1.82, 2.24) is 25.6 Å². The fraction of sp³-hybridized carbons (Fsp3) is 0.769. The van der Waals surface area contributed by atoms with E-state index >= 15 is 0 Å². The monoisotopic (exact) mass is 281 g/mol. The first-order chi connectivity index (χ1) is 9.74. The largest absolute Gasteiger partial charge is 0.376 e. The predicted molar refractivity (Wildman–Crippen MR) is 74.2 cm³/mol. The SMILES string of the molecule is CCO[C@@H]1CCCC[C@H]1n1cc(CNC(=O)NC)nn1. The summed E-state index contributed by atoms with van der Waals surface area (Å²) in [5.41, 5.74) is 0.759. The van der Waals surface area contributed by atoms with Gasteiger partial charge in [0.05, 0.1) is 24.9 Å². The van der Waals surface area contributed by atoms with Crippen molar-refractivity contribution in [1.29, 1.82) is 0 Å². The molecule has 2 atom stereocenters. The number of amides is 2. The van der Waals surface area contributed by atoms with Gasteiger partial charge in [-0.2, -0.15) is 0 Å². The van der Waals surface area contributed by atoms with Crippen molar-refractivity contribution < 1.29 is 9.53 Å². The third-order valence-electron chi connectivity index (χ3n) is 3.60. The number of nitrogens with zero attached hydrogens (tertiary/aromatic N) is 3. The highest BCUT2D eigenvalue weighted by molar-refractivity contribution is 5.73. The average molecular weight is 281 g/mol. The van der Waals surface area contributed by atoms with E-state index in [1.807, 2.05) is 17.8 Å². The maximum absolute atomic E-state index is 11.1. The van der Waals surface area contributed by atoms with Crippen molar-refractivity contribution >= 4 is 6.03 Å². The minimum absolute atomic E-state index is 0.218. The molecule has 0 bridgehead atoms. The lowest BCUT2D eigenvalue weighted by Crippen LogP contribution is -2.32. The van der Waals surface area contributed by atoms with Crippen LogP contribution in [0.15, 0.2) is 6.20 Å². The molecule has 112 valence electrons. The average Bonchev–Trinajstić information content (AvgIpc) is 2.94. The number of rotatable bonds is 5. The molecule has 0 spiro atoms. The Bertz CT molecular complexity index is 432. The molecule has 0 radical (unpaired) electrons. The van der Waals surface area contributed by atoms with Crippen LogP contribution in [0, 0.1) is 0 Å². The Morgan fingerprint density at radius 3 is 3.05 bits per heavy atom. The molecule has 1 fully saturated rings. The molecule has 0 aromatic carbocycles. The molecule has 0 unspecified atom stereocenters. The van der Waals surface area contributed by atoms with Gasteiger partial charge in [-0.15, -0.1) is 5.10 Å². The number of ether oxygens (including phenoxy) is 1. The first kappa shape index (κ1) is 14.8. The molecule has 0 saturated heterocycles. The summed E-state index contributed by atoms with van der Waals surface area (Å²) in [7, 11) is 1.58. The van der Waals surface area contributed by atoms with E-state index in [0.29, 0.717) is 6.54 Å². The second-order valence-electron chi connectivity index (χ2n) is 4.97. The van der Waals surface area contributed by atoms with Gasteiger partial charge < -0.3 is 15.4 Å². The highest BCUT2D eigenvalue weighted by atomic mass is 16.5. The molecule has 2 rings (SSSR count). The molecular formula is C13H23N5O2. The normalized spacial score (nSPS) is 22.5. The molecule has 1 heterocycles. The third kappa shape index (κ3) is 3.69. The van der Waals surface area contributed by atoms with Crippen molar-refractivity contribution in [3.8, 4) is 0 Å². The topological polar surface area (TPSA) is 81.1 Å². The summed E-state index contributed by atoms with van der Waals surface area (Å²) in [6, 6.07) is 0.0364. The third-order valence-corrected chi connectivity index (χ3v) is 3.60. The number of carbonyl (C=O) groups is 1. The van der Waals surface area contributed by atoms with Crippen LogP contribution in [0.1, 0.15) is 44.3 Å². The molecule has 1 aromatic rings. The Morgan fingerprint density at radius 2 is 2.30 bits per heavy atom. The van der Waals surface area contributed by atoms with Crippen LogP contribution in [-0.4, -0.2) is 40.8 Å². The van der Waals surface area contributed by atoms with Crippen LogP contribution in [0.5, 0.6) is 0 Å². The number of hydrogen-bond acceptors (Lipinski definition) is 4. The van der Waals surface area contributed by atoms with Crippen molar-refractivity contribution in [3.63, 3.8) is 0 Å². The fourth-order valence-electron chi connectivity index (χ4n) is 2.60. The summed E-state index contributed by atoms with van der Waals surface area (Å²) in [6.07, 6.45) is 6.66. The Labute approximate surface area is 119 Å². The maximum Gasteiger partial charge on any atom is 0.314 e. The summed E-state index contributed by atoms with van der Waals surface area (Å²) in [5.74, 6) is 0. The minimum Gasteiger partial charge on any atom is -0.376 e. The van der Waals surface area contributed by atoms with E-state index < -0.39 is 0 Å². The lowest BCUT2D eigenvalue weighted by Gasteiger charge is -2.30. The summed E-state index contributed by atoms with van der Waals surface area (Å²) in [4.78, 5) is 11.1. The van der Waals surface area contributed by atoms with Crippen LogP contribution in [0.4, 0.5) is 4.79 Å². The number of urea groups is 1. The number of nitrogens with one attached hydrogen (secondary N) is 2. The lowest BCUT2D eigenvalue weighted by atomic mass is 9.92. The number of hydrogen-bond donors (Lipinski definition) is 2. The number of carbonyl (C=O) groups excluding carboxylic acids is 1. The van der Waals surface area contributed by atoms with Crippen molar-refractivity contribution in [2.45, 2.75) is 51.3 Å². The Morgan fingerprint density at radius 1 is 1.50 bits per heavy atom. The zero-order chi connectivity index (χ0) is 14.4. The quantitative estimate of drug-likeness (QED) is 0.850. The van der Waals surface area contributed by atoms with Crippen molar-refractivity contribution in [3.05, 3.63) is 11.9 Å². The van der Waals surface area contributed by atoms with Gasteiger partial charge in [-0.3, -0.25) is 0 Å². The molecule has 1 aromatic heterocycles. The van der Waals surface area contributed by atoms with Gasteiger partial charge in [0.25, 0.3) is 0 Å². The molecule has 7 nitrogen and oxygen atoms in total. The van der Waals surface area contributed by atoms with Gasteiger partial charge in [0, 0.05) is 13.7 Å². The van der Waals surface area contributed by atoms with E-state index in [-0.39, 0.29) is 18.2 Å². The van der Waals surface area contributed by atoms with Gasteiger partial charge >= 0.3 is 6.03 Å². The van der Waals surface area contributed by atoms with E-state index in [1.54, 1.807) is 7.05 Å². The van der Waals surface area contributed by atoms with Gasteiger partial charge in [0.2, 0.25) is 0 Å². The van der Waals surface area contributed by atoms with Gasteiger partial charge in [0.1, 0.15) is 5.69 Å². The number of aromatic nitrogens is 3. The van der Waals surface area contributed by atoms with Gasteiger partial charge in [-0.05, 0) is 19.8 Å². The molecule has 1 aliphatic rings.